The second-order valence-electron chi connectivity index (χ2n) is 4.03. The smallest absolute Gasteiger partial charge is 0.322 e. The second-order valence-corrected chi connectivity index (χ2v) is 4.03. The number of nitrogens with zero attached hydrogens (tertiary/aromatic N) is 3. The lowest BCUT2D eigenvalue weighted by Crippen LogP contribution is -2.08. The van der Waals surface area contributed by atoms with Crippen LogP contribution in [0.3, 0.4) is 0 Å². The van der Waals surface area contributed by atoms with Crippen LogP contribution in [0.15, 0.2) is 36.5 Å². The molecule has 0 radical (unpaired) electrons. The molecule has 0 unspecified atom stereocenters. The molecular weight excluding hydrogens is 228 g/mol. The molecule has 5 heteroatoms. The van der Waals surface area contributed by atoms with Gasteiger partial charge in [0.05, 0.1) is 5.69 Å². The first-order valence-electron chi connectivity index (χ1n) is 5.66. The molecule has 0 fully saturated rings. The van der Waals surface area contributed by atoms with E-state index in [0.717, 1.165) is 11.4 Å². The van der Waals surface area contributed by atoms with Crippen molar-refractivity contribution in [2.75, 3.05) is 19.0 Å². The first kappa shape index (κ1) is 12.3. The van der Waals surface area contributed by atoms with Gasteiger partial charge in [0.25, 0.3) is 0 Å². The van der Waals surface area contributed by atoms with Crippen LogP contribution in [0.5, 0.6) is 11.8 Å². The molecular formula is C13H16N4O. The molecule has 0 aliphatic heterocycles. The summed E-state index contributed by atoms with van der Waals surface area (Å²) in [6.45, 7) is 0.372. The van der Waals surface area contributed by atoms with Crippen molar-refractivity contribution in [1.29, 1.82) is 0 Å². The molecule has 0 atom stereocenters. The van der Waals surface area contributed by atoms with Crippen molar-refractivity contribution in [1.82, 2.24) is 9.97 Å². The maximum absolute atomic E-state index is 5.61. The van der Waals surface area contributed by atoms with Gasteiger partial charge >= 0.3 is 6.01 Å². The second kappa shape index (κ2) is 5.46. The molecule has 0 spiro atoms. The number of rotatable bonds is 4. The molecule has 2 aromatic rings. The minimum atomic E-state index is 0.314. The fourth-order valence-corrected chi connectivity index (χ4v) is 1.47. The van der Waals surface area contributed by atoms with Crippen molar-refractivity contribution in [2.45, 2.75) is 6.54 Å². The van der Waals surface area contributed by atoms with E-state index in [1.54, 1.807) is 12.3 Å². The van der Waals surface area contributed by atoms with Gasteiger partial charge in [-0.3, -0.25) is 0 Å². The molecule has 5 nitrogen and oxygen atoms in total. The fourth-order valence-electron chi connectivity index (χ4n) is 1.47. The molecule has 2 N–H and O–H groups in total. The minimum absolute atomic E-state index is 0.314. The highest BCUT2D eigenvalue weighted by Gasteiger charge is 2.03. The summed E-state index contributed by atoms with van der Waals surface area (Å²) in [7, 11) is 3.95. The van der Waals surface area contributed by atoms with E-state index in [0.29, 0.717) is 18.3 Å². The van der Waals surface area contributed by atoms with Gasteiger partial charge in [-0.2, -0.15) is 4.98 Å². The van der Waals surface area contributed by atoms with E-state index in [9.17, 15) is 0 Å². The van der Waals surface area contributed by atoms with Crippen LogP contribution in [0, 0.1) is 0 Å². The summed E-state index contributed by atoms with van der Waals surface area (Å²) in [5.41, 5.74) is 7.33. The average Bonchev–Trinajstić information content (AvgIpc) is 2.39. The average molecular weight is 244 g/mol. The zero-order valence-corrected chi connectivity index (χ0v) is 10.5. The number of ether oxygens (including phenoxy) is 1. The maximum atomic E-state index is 5.61. The van der Waals surface area contributed by atoms with Crippen molar-refractivity contribution in [2.24, 2.45) is 5.73 Å². The van der Waals surface area contributed by atoms with Crippen LogP contribution in [0.25, 0.3) is 0 Å². The third-order valence-electron chi connectivity index (χ3n) is 2.44. The Balaban J connectivity index is 2.20. The predicted octanol–water partition coefficient (Wildman–Crippen LogP) is 1.79. The van der Waals surface area contributed by atoms with Crippen molar-refractivity contribution in [3.05, 3.63) is 42.2 Å². The Labute approximate surface area is 106 Å². The Kier molecular flexibility index (Phi) is 3.74. The minimum Gasteiger partial charge on any atom is -0.424 e. The van der Waals surface area contributed by atoms with Gasteiger partial charge in [-0.15, -0.1) is 0 Å². The third-order valence-corrected chi connectivity index (χ3v) is 2.44. The SMILES string of the molecule is CN(C)c1cccc(Oc2nccc(CN)n2)c1. The monoisotopic (exact) mass is 244 g/mol. The Morgan fingerprint density at radius 1 is 1.28 bits per heavy atom. The maximum Gasteiger partial charge on any atom is 0.322 e. The van der Waals surface area contributed by atoms with Gasteiger partial charge in [-0.1, -0.05) is 6.07 Å². The molecule has 0 saturated heterocycles. The standard InChI is InChI=1S/C13H16N4O/c1-17(2)11-4-3-5-12(8-11)18-13-15-7-6-10(9-14)16-13/h3-8H,9,14H2,1-2H3. The molecule has 1 aromatic heterocycles. The van der Waals surface area contributed by atoms with Gasteiger partial charge in [-0.05, 0) is 18.2 Å². The van der Waals surface area contributed by atoms with Gasteiger partial charge in [0, 0.05) is 38.6 Å². The molecule has 1 heterocycles. The highest BCUT2D eigenvalue weighted by atomic mass is 16.5. The van der Waals surface area contributed by atoms with Crippen LogP contribution in [-0.2, 0) is 6.54 Å². The highest BCUT2D eigenvalue weighted by Crippen LogP contribution is 2.22. The Morgan fingerprint density at radius 3 is 2.83 bits per heavy atom. The zero-order chi connectivity index (χ0) is 13.0. The lowest BCUT2D eigenvalue weighted by atomic mass is 10.3. The predicted molar refractivity (Wildman–Crippen MR) is 70.8 cm³/mol. The van der Waals surface area contributed by atoms with Crippen LogP contribution in [0.2, 0.25) is 0 Å². The Hall–Kier alpha value is -2.14. The fraction of sp³-hybridized carbons (Fsp3) is 0.231. The summed E-state index contributed by atoms with van der Waals surface area (Å²) in [6, 6.07) is 9.81. The number of aromatic nitrogens is 2. The van der Waals surface area contributed by atoms with Crippen LogP contribution < -0.4 is 15.4 Å². The van der Waals surface area contributed by atoms with Gasteiger partial charge in [0.15, 0.2) is 0 Å². The van der Waals surface area contributed by atoms with E-state index in [4.69, 9.17) is 10.5 Å². The van der Waals surface area contributed by atoms with E-state index in [1.165, 1.54) is 0 Å². The number of anilines is 1. The Bertz CT molecular complexity index is 528. The summed E-state index contributed by atoms with van der Waals surface area (Å²) in [4.78, 5) is 10.2. The van der Waals surface area contributed by atoms with E-state index in [1.807, 2.05) is 43.3 Å². The van der Waals surface area contributed by atoms with Gasteiger partial charge in [0.2, 0.25) is 0 Å². The van der Waals surface area contributed by atoms with Crippen molar-refractivity contribution in [3.63, 3.8) is 0 Å². The zero-order valence-electron chi connectivity index (χ0n) is 10.5. The molecule has 0 amide bonds. The molecule has 0 aliphatic rings. The normalized spacial score (nSPS) is 10.2. The molecule has 0 bridgehead atoms. The van der Waals surface area contributed by atoms with Gasteiger partial charge in [-0.25, -0.2) is 4.98 Å². The molecule has 2 rings (SSSR count). The topological polar surface area (TPSA) is 64.3 Å². The van der Waals surface area contributed by atoms with Crippen LogP contribution in [0.1, 0.15) is 5.69 Å². The quantitative estimate of drug-likeness (QED) is 0.888. The Morgan fingerprint density at radius 2 is 2.11 bits per heavy atom. The first-order chi connectivity index (χ1) is 8.69. The lowest BCUT2D eigenvalue weighted by molar-refractivity contribution is 0.439. The molecule has 94 valence electrons. The molecule has 18 heavy (non-hydrogen) atoms. The highest BCUT2D eigenvalue weighted by molar-refractivity contribution is 5.49. The number of nitrogens with two attached hydrogens (primary N) is 1. The summed E-state index contributed by atoms with van der Waals surface area (Å²) >= 11 is 0. The molecule has 0 saturated carbocycles. The summed E-state index contributed by atoms with van der Waals surface area (Å²) < 4.78 is 5.61. The van der Waals surface area contributed by atoms with Crippen LogP contribution in [0.4, 0.5) is 5.69 Å². The summed E-state index contributed by atoms with van der Waals surface area (Å²) in [5.74, 6) is 0.704. The van der Waals surface area contributed by atoms with E-state index < -0.39 is 0 Å². The van der Waals surface area contributed by atoms with E-state index >= 15 is 0 Å². The first-order valence-corrected chi connectivity index (χ1v) is 5.66. The van der Waals surface area contributed by atoms with E-state index in [2.05, 4.69) is 9.97 Å². The van der Waals surface area contributed by atoms with Crippen molar-refractivity contribution < 1.29 is 4.74 Å². The van der Waals surface area contributed by atoms with E-state index in [-0.39, 0.29) is 0 Å². The van der Waals surface area contributed by atoms with Crippen LogP contribution >= 0.6 is 0 Å². The third kappa shape index (κ3) is 2.95. The van der Waals surface area contributed by atoms with Crippen molar-refractivity contribution >= 4 is 5.69 Å². The summed E-state index contributed by atoms with van der Waals surface area (Å²) in [5, 5.41) is 0. The number of hydrogen-bond acceptors (Lipinski definition) is 5. The van der Waals surface area contributed by atoms with Crippen LogP contribution in [-0.4, -0.2) is 24.1 Å². The molecule has 0 aliphatic carbocycles. The molecule has 1 aromatic carbocycles. The van der Waals surface area contributed by atoms with Gasteiger partial charge in [0.1, 0.15) is 5.75 Å². The lowest BCUT2D eigenvalue weighted by Gasteiger charge is -2.13. The summed E-state index contributed by atoms with van der Waals surface area (Å²) in [6.07, 6.45) is 1.64. The number of hydrogen-bond donors (Lipinski definition) is 1. The number of benzene rings is 1. The van der Waals surface area contributed by atoms with Gasteiger partial charge < -0.3 is 15.4 Å². The van der Waals surface area contributed by atoms with Crippen molar-refractivity contribution in [3.8, 4) is 11.8 Å². The largest absolute Gasteiger partial charge is 0.424 e.